The summed E-state index contributed by atoms with van der Waals surface area (Å²) >= 11 is 0. The molecule has 1 aliphatic heterocycles. The molecule has 0 aromatic heterocycles. The molecule has 2 atom stereocenters. The number of hydrazine groups is 1. The summed E-state index contributed by atoms with van der Waals surface area (Å²) in [5, 5.41) is 2.20. The van der Waals surface area contributed by atoms with E-state index in [4.69, 9.17) is 5.73 Å². The smallest absolute Gasteiger partial charge is 0.175 e. The molecule has 0 amide bonds. The fraction of sp³-hybridized carbons (Fsp3) is 0.571. The Balaban J connectivity index is 2.21. The molecular weight excluding hydrogens is 274 g/mol. The zero-order valence-corrected chi connectivity index (χ0v) is 13.1. The summed E-state index contributed by atoms with van der Waals surface area (Å²) in [5.41, 5.74) is 10.5. The summed E-state index contributed by atoms with van der Waals surface area (Å²) < 4.78 is 23.0. The molecule has 3 N–H and O–H groups in total. The van der Waals surface area contributed by atoms with E-state index in [0.717, 1.165) is 18.5 Å². The molecule has 112 valence electrons. The van der Waals surface area contributed by atoms with Crippen LogP contribution in [0.2, 0.25) is 0 Å². The Morgan fingerprint density at radius 1 is 1.25 bits per heavy atom. The summed E-state index contributed by atoms with van der Waals surface area (Å²) in [4.78, 5) is 0.250. The van der Waals surface area contributed by atoms with Crippen molar-refractivity contribution in [1.29, 1.82) is 0 Å². The number of nitrogens with one attached hydrogen (secondary N) is 1. The van der Waals surface area contributed by atoms with Gasteiger partial charge in [-0.2, -0.15) is 0 Å². The van der Waals surface area contributed by atoms with Crippen LogP contribution in [0.1, 0.15) is 33.1 Å². The normalized spacial score (nSPS) is 24.6. The number of nitrogen functional groups attached to an aromatic ring is 1. The number of sulfone groups is 1. The van der Waals surface area contributed by atoms with Crippen LogP contribution in [0.15, 0.2) is 23.1 Å². The van der Waals surface area contributed by atoms with Crippen LogP contribution in [-0.2, 0) is 9.84 Å². The molecule has 1 saturated heterocycles. The summed E-state index contributed by atoms with van der Waals surface area (Å²) in [5.74, 6) is 0. The monoisotopic (exact) mass is 297 g/mol. The van der Waals surface area contributed by atoms with Crippen molar-refractivity contribution in [3.63, 3.8) is 0 Å². The molecule has 5 nitrogen and oxygen atoms in total. The first-order valence-corrected chi connectivity index (χ1v) is 8.83. The van der Waals surface area contributed by atoms with Crippen molar-refractivity contribution in [3.05, 3.63) is 18.2 Å². The average Bonchev–Trinajstić information content (AvgIpc) is 2.34. The van der Waals surface area contributed by atoms with Gasteiger partial charge in [-0.15, -0.1) is 0 Å². The third kappa shape index (κ3) is 3.24. The molecule has 1 fully saturated rings. The minimum absolute atomic E-state index is 0.250. The lowest BCUT2D eigenvalue weighted by molar-refractivity contribution is 0.136. The van der Waals surface area contributed by atoms with Crippen molar-refractivity contribution in [2.24, 2.45) is 0 Å². The van der Waals surface area contributed by atoms with E-state index in [0.29, 0.717) is 17.8 Å². The van der Waals surface area contributed by atoms with Crippen LogP contribution in [0.5, 0.6) is 0 Å². The summed E-state index contributed by atoms with van der Waals surface area (Å²) in [6.07, 6.45) is 4.73. The second kappa shape index (κ2) is 5.61. The van der Waals surface area contributed by atoms with E-state index in [9.17, 15) is 8.42 Å². The van der Waals surface area contributed by atoms with Gasteiger partial charge >= 0.3 is 0 Å². The van der Waals surface area contributed by atoms with Crippen LogP contribution in [-0.4, -0.2) is 31.8 Å². The van der Waals surface area contributed by atoms with Crippen LogP contribution in [0.4, 0.5) is 11.4 Å². The third-order valence-electron chi connectivity index (χ3n) is 3.89. The molecule has 2 unspecified atom stereocenters. The van der Waals surface area contributed by atoms with E-state index in [1.165, 1.54) is 18.7 Å². The average molecular weight is 297 g/mol. The van der Waals surface area contributed by atoms with Crippen LogP contribution in [0.25, 0.3) is 0 Å². The van der Waals surface area contributed by atoms with Crippen LogP contribution in [0.3, 0.4) is 0 Å². The first-order chi connectivity index (χ1) is 9.29. The zero-order chi connectivity index (χ0) is 14.9. The highest BCUT2D eigenvalue weighted by Crippen LogP contribution is 2.27. The number of anilines is 2. The molecule has 0 radical (unpaired) electrons. The van der Waals surface area contributed by atoms with E-state index >= 15 is 0 Å². The SMILES string of the molecule is CC1CCCC(C)N1Nc1ccc(S(C)(=O)=O)cc1N. The summed E-state index contributed by atoms with van der Waals surface area (Å²) in [6, 6.07) is 5.71. The summed E-state index contributed by atoms with van der Waals surface area (Å²) in [6.45, 7) is 4.37. The van der Waals surface area contributed by atoms with Gasteiger partial charge in [0, 0.05) is 18.3 Å². The Morgan fingerprint density at radius 2 is 1.85 bits per heavy atom. The van der Waals surface area contributed by atoms with Gasteiger partial charge in [0.2, 0.25) is 0 Å². The zero-order valence-electron chi connectivity index (χ0n) is 12.3. The first kappa shape index (κ1) is 15.1. The molecule has 1 aliphatic rings. The lowest BCUT2D eigenvalue weighted by Gasteiger charge is -2.39. The molecule has 0 aliphatic carbocycles. The Labute approximate surface area is 121 Å². The summed E-state index contributed by atoms with van der Waals surface area (Å²) in [7, 11) is -3.22. The van der Waals surface area contributed by atoms with Crippen LogP contribution >= 0.6 is 0 Å². The molecule has 1 heterocycles. The fourth-order valence-corrected chi connectivity index (χ4v) is 3.31. The van der Waals surface area contributed by atoms with E-state index in [1.54, 1.807) is 12.1 Å². The van der Waals surface area contributed by atoms with Gasteiger partial charge in [0.1, 0.15) is 0 Å². The predicted molar refractivity (Wildman–Crippen MR) is 82.2 cm³/mol. The largest absolute Gasteiger partial charge is 0.397 e. The highest BCUT2D eigenvalue weighted by atomic mass is 32.2. The molecular formula is C14H23N3O2S. The van der Waals surface area contributed by atoms with Crippen molar-refractivity contribution in [3.8, 4) is 0 Å². The quantitative estimate of drug-likeness (QED) is 0.837. The van der Waals surface area contributed by atoms with E-state index < -0.39 is 9.84 Å². The molecule has 6 heteroatoms. The Hall–Kier alpha value is -1.27. The number of nitrogens with two attached hydrogens (primary N) is 1. The van der Waals surface area contributed by atoms with E-state index in [-0.39, 0.29) is 4.90 Å². The van der Waals surface area contributed by atoms with Gasteiger partial charge in [-0.1, -0.05) is 6.42 Å². The van der Waals surface area contributed by atoms with Gasteiger partial charge in [0.25, 0.3) is 0 Å². The molecule has 0 spiro atoms. The number of piperidine rings is 1. The number of hydrogen-bond donors (Lipinski definition) is 2. The van der Waals surface area contributed by atoms with Gasteiger partial charge in [0.15, 0.2) is 9.84 Å². The lowest BCUT2D eigenvalue weighted by Crippen LogP contribution is -2.47. The second-order valence-electron chi connectivity index (χ2n) is 5.67. The minimum Gasteiger partial charge on any atom is -0.397 e. The van der Waals surface area contributed by atoms with Gasteiger partial charge in [-0.25, -0.2) is 13.4 Å². The predicted octanol–water partition coefficient (Wildman–Crippen LogP) is 2.26. The van der Waals surface area contributed by atoms with Gasteiger partial charge in [0.05, 0.1) is 16.3 Å². The van der Waals surface area contributed by atoms with Gasteiger partial charge < -0.3 is 11.2 Å². The molecule has 0 saturated carbocycles. The number of hydrogen-bond acceptors (Lipinski definition) is 5. The standard InChI is InChI=1S/C14H23N3O2S/c1-10-5-4-6-11(2)17(10)16-14-8-7-12(9-13(14)15)20(3,18)19/h7-11,16H,4-6,15H2,1-3H3. The number of nitrogens with zero attached hydrogens (tertiary/aromatic N) is 1. The molecule has 1 aromatic carbocycles. The van der Waals surface area contributed by atoms with Crippen molar-refractivity contribution < 1.29 is 8.42 Å². The Bertz CT molecular complexity index is 576. The maximum atomic E-state index is 11.5. The highest BCUT2D eigenvalue weighted by Gasteiger charge is 2.25. The first-order valence-electron chi connectivity index (χ1n) is 6.93. The van der Waals surface area contributed by atoms with E-state index in [1.807, 2.05) is 0 Å². The number of benzene rings is 1. The van der Waals surface area contributed by atoms with Gasteiger partial charge in [-0.05, 0) is 44.9 Å². The van der Waals surface area contributed by atoms with Crippen molar-refractivity contribution in [2.45, 2.75) is 50.1 Å². The topological polar surface area (TPSA) is 75.4 Å². The van der Waals surface area contributed by atoms with Gasteiger partial charge in [-0.3, -0.25) is 0 Å². The number of rotatable bonds is 3. The van der Waals surface area contributed by atoms with Crippen molar-refractivity contribution in [1.82, 2.24) is 5.01 Å². The van der Waals surface area contributed by atoms with Crippen LogP contribution in [0, 0.1) is 0 Å². The van der Waals surface area contributed by atoms with Crippen molar-refractivity contribution >= 4 is 21.2 Å². The Kier molecular flexibility index (Phi) is 4.25. The molecule has 0 bridgehead atoms. The molecule has 20 heavy (non-hydrogen) atoms. The van der Waals surface area contributed by atoms with Crippen LogP contribution < -0.4 is 11.2 Å². The van der Waals surface area contributed by atoms with E-state index in [2.05, 4.69) is 24.3 Å². The molecule has 1 aromatic rings. The minimum atomic E-state index is -3.22. The second-order valence-corrected chi connectivity index (χ2v) is 7.68. The fourth-order valence-electron chi connectivity index (χ4n) is 2.65. The Morgan fingerprint density at radius 3 is 2.35 bits per heavy atom. The highest BCUT2D eigenvalue weighted by molar-refractivity contribution is 7.90. The lowest BCUT2D eigenvalue weighted by atomic mass is 10.00. The molecule has 2 rings (SSSR count). The maximum Gasteiger partial charge on any atom is 0.175 e. The maximum absolute atomic E-state index is 11.5. The van der Waals surface area contributed by atoms with Crippen molar-refractivity contribution in [2.75, 3.05) is 17.4 Å². The third-order valence-corrected chi connectivity index (χ3v) is 5.00.